The average molecular weight is 492 g/mol. The Morgan fingerprint density at radius 3 is 2.66 bits per heavy atom. The Balaban J connectivity index is 1.45. The second kappa shape index (κ2) is 9.87. The van der Waals surface area contributed by atoms with Crippen molar-refractivity contribution in [1.82, 2.24) is 14.9 Å². The molecule has 1 amide bonds. The second-order valence-corrected chi connectivity index (χ2v) is 9.48. The number of hydrogen-bond donors (Lipinski definition) is 1. The highest BCUT2D eigenvalue weighted by molar-refractivity contribution is 8.00. The topological polar surface area (TPSA) is 95.6 Å². The number of carbonyl (C=O) groups excluding carboxylic acids is 1. The molecule has 1 aliphatic rings. The fourth-order valence-electron chi connectivity index (χ4n) is 3.84. The van der Waals surface area contributed by atoms with Crippen LogP contribution in [0.4, 0.5) is 0 Å². The summed E-state index contributed by atoms with van der Waals surface area (Å²) in [6.07, 6.45) is 2.13. The quantitative estimate of drug-likeness (QED) is 0.291. The molecule has 1 N–H and O–H groups in total. The number of carbonyl (C=O) groups is 1. The van der Waals surface area contributed by atoms with Crippen molar-refractivity contribution < 1.29 is 18.7 Å². The van der Waals surface area contributed by atoms with Gasteiger partial charge in [-0.25, -0.2) is 4.98 Å². The molecule has 4 aromatic rings. The normalized spacial score (nSPS) is 13.2. The number of aromatic nitrogens is 2. The molecule has 0 bridgehead atoms. The third kappa shape index (κ3) is 4.90. The fraction of sp³-hybridized carbons (Fsp3) is 0.269. The molecule has 35 heavy (non-hydrogen) atoms. The van der Waals surface area contributed by atoms with Crippen molar-refractivity contribution in [2.45, 2.75) is 43.8 Å². The smallest absolute Gasteiger partial charge is 0.262 e. The summed E-state index contributed by atoms with van der Waals surface area (Å²) in [5.74, 6) is 1.57. The Hall–Kier alpha value is -3.72. The predicted octanol–water partition coefficient (Wildman–Crippen LogP) is 4.26. The summed E-state index contributed by atoms with van der Waals surface area (Å²) < 4.78 is 17.9. The molecule has 180 valence electrons. The maximum Gasteiger partial charge on any atom is 0.262 e. The van der Waals surface area contributed by atoms with Crippen molar-refractivity contribution in [3.63, 3.8) is 0 Å². The maximum absolute atomic E-state index is 13.5. The van der Waals surface area contributed by atoms with Crippen molar-refractivity contribution in [2.24, 2.45) is 0 Å². The lowest BCUT2D eigenvalue weighted by Crippen LogP contribution is -2.33. The molecule has 0 fully saturated rings. The number of nitrogens with zero attached hydrogens (tertiary/aromatic N) is 2. The van der Waals surface area contributed by atoms with Crippen LogP contribution >= 0.6 is 11.8 Å². The van der Waals surface area contributed by atoms with Crippen LogP contribution in [0.15, 0.2) is 69.2 Å². The van der Waals surface area contributed by atoms with E-state index < -0.39 is 5.25 Å². The zero-order chi connectivity index (χ0) is 24.4. The van der Waals surface area contributed by atoms with Gasteiger partial charge < -0.3 is 19.2 Å². The number of fused-ring (bicyclic) bond motifs is 2. The van der Waals surface area contributed by atoms with Crippen molar-refractivity contribution in [1.29, 1.82) is 0 Å². The predicted molar refractivity (Wildman–Crippen MR) is 133 cm³/mol. The van der Waals surface area contributed by atoms with E-state index in [0.717, 1.165) is 5.56 Å². The van der Waals surface area contributed by atoms with Crippen LogP contribution in [0.3, 0.4) is 0 Å². The number of rotatable bonds is 8. The van der Waals surface area contributed by atoms with E-state index in [0.29, 0.717) is 46.3 Å². The number of ether oxygens (including phenoxy) is 2. The number of thioether (sulfide) groups is 1. The minimum absolute atomic E-state index is 0.104. The van der Waals surface area contributed by atoms with Crippen LogP contribution < -0.4 is 20.3 Å². The summed E-state index contributed by atoms with van der Waals surface area (Å²) in [7, 11) is 0. The first-order valence-electron chi connectivity index (χ1n) is 11.4. The molecule has 2 aromatic heterocycles. The molecular weight excluding hydrogens is 466 g/mol. The van der Waals surface area contributed by atoms with Gasteiger partial charge in [-0.05, 0) is 37.1 Å². The SMILES string of the molecule is CC[C@H](Sc1nc2cc3c(cc2c(=O)n1Cc1ccco1)OCO3)C(=O)NCc1ccc(C)cc1. The van der Waals surface area contributed by atoms with Crippen LogP contribution in [-0.4, -0.2) is 27.5 Å². The molecule has 5 rings (SSSR count). The zero-order valence-corrected chi connectivity index (χ0v) is 20.3. The zero-order valence-electron chi connectivity index (χ0n) is 19.4. The Labute approximate surface area is 206 Å². The van der Waals surface area contributed by atoms with Crippen LogP contribution in [0.25, 0.3) is 10.9 Å². The van der Waals surface area contributed by atoms with Crippen molar-refractivity contribution >= 4 is 28.6 Å². The van der Waals surface area contributed by atoms with E-state index in [9.17, 15) is 9.59 Å². The fourth-order valence-corrected chi connectivity index (χ4v) is 4.87. The molecule has 2 aromatic carbocycles. The molecule has 0 saturated heterocycles. The molecule has 8 nitrogen and oxygen atoms in total. The molecule has 0 aliphatic carbocycles. The second-order valence-electron chi connectivity index (χ2n) is 8.31. The maximum atomic E-state index is 13.5. The highest BCUT2D eigenvalue weighted by atomic mass is 32.2. The minimum Gasteiger partial charge on any atom is -0.467 e. The number of amides is 1. The van der Waals surface area contributed by atoms with Crippen LogP contribution in [0.2, 0.25) is 0 Å². The number of nitrogens with one attached hydrogen (secondary N) is 1. The number of aryl methyl sites for hydroxylation is 1. The largest absolute Gasteiger partial charge is 0.467 e. The summed E-state index contributed by atoms with van der Waals surface area (Å²) in [5, 5.41) is 3.44. The van der Waals surface area contributed by atoms with Crippen molar-refractivity contribution in [2.75, 3.05) is 6.79 Å². The molecule has 1 aliphatic heterocycles. The van der Waals surface area contributed by atoms with Crippen LogP contribution in [0.5, 0.6) is 11.5 Å². The van der Waals surface area contributed by atoms with Gasteiger partial charge in [0.2, 0.25) is 12.7 Å². The van der Waals surface area contributed by atoms with Crippen molar-refractivity contribution in [3.05, 3.63) is 82.0 Å². The molecular formula is C26H25N3O5S. The number of hydrogen-bond acceptors (Lipinski definition) is 7. The van der Waals surface area contributed by atoms with Gasteiger partial charge in [-0.3, -0.25) is 14.2 Å². The first kappa shape index (κ1) is 23.0. The lowest BCUT2D eigenvalue weighted by Gasteiger charge is -2.18. The van der Waals surface area contributed by atoms with Gasteiger partial charge in [-0.15, -0.1) is 0 Å². The number of furan rings is 1. The van der Waals surface area contributed by atoms with E-state index in [1.165, 1.54) is 17.3 Å². The highest BCUT2D eigenvalue weighted by Gasteiger charge is 2.24. The van der Waals surface area contributed by atoms with E-state index in [4.69, 9.17) is 18.9 Å². The van der Waals surface area contributed by atoms with Gasteiger partial charge in [-0.1, -0.05) is 48.5 Å². The standard InChI is InChI=1S/C26H25N3O5S/c1-3-23(24(30)27-13-17-8-6-16(2)7-9-17)35-26-28-20-12-22-21(33-15-34-22)11-19(20)25(31)29(26)14-18-5-4-10-32-18/h4-12,23H,3,13-15H2,1-2H3,(H,27,30)/t23-/m0/s1. The Morgan fingerprint density at radius 1 is 1.17 bits per heavy atom. The lowest BCUT2D eigenvalue weighted by molar-refractivity contribution is -0.120. The van der Waals surface area contributed by atoms with Gasteiger partial charge in [0.05, 0.1) is 29.0 Å². The van der Waals surface area contributed by atoms with Gasteiger partial charge in [0.25, 0.3) is 5.56 Å². The van der Waals surface area contributed by atoms with Gasteiger partial charge in [0.1, 0.15) is 5.76 Å². The van der Waals surface area contributed by atoms with E-state index in [1.807, 2.05) is 38.1 Å². The van der Waals surface area contributed by atoms with E-state index in [-0.39, 0.29) is 24.8 Å². The summed E-state index contributed by atoms with van der Waals surface area (Å²) in [4.78, 5) is 31.3. The van der Waals surface area contributed by atoms with Gasteiger partial charge >= 0.3 is 0 Å². The minimum atomic E-state index is -0.429. The van der Waals surface area contributed by atoms with Gasteiger partial charge in [0.15, 0.2) is 16.7 Å². The van der Waals surface area contributed by atoms with E-state index in [2.05, 4.69) is 5.32 Å². The van der Waals surface area contributed by atoms with Crippen LogP contribution in [0.1, 0.15) is 30.2 Å². The summed E-state index contributed by atoms with van der Waals surface area (Å²) in [6.45, 7) is 4.71. The molecule has 1 atom stereocenters. The molecule has 9 heteroatoms. The lowest BCUT2D eigenvalue weighted by atomic mass is 10.1. The third-order valence-corrected chi connectivity index (χ3v) is 7.16. The Bertz CT molecular complexity index is 1410. The Kier molecular flexibility index (Phi) is 6.50. The molecule has 0 radical (unpaired) electrons. The first-order chi connectivity index (χ1) is 17.0. The third-order valence-electron chi connectivity index (χ3n) is 5.81. The first-order valence-corrected chi connectivity index (χ1v) is 12.3. The number of benzene rings is 2. The van der Waals surface area contributed by atoms with Crippen LogP contribution in [0, 0.1) is 6.92 Å². The van der Waals surface area contributed by atoms with Crippen LogP contribution in [-0.2, 0) is 17.9 Å². The summed E-state index contributed by atoms with van der Waals surface area (Å²) >= 11 is 1.27. The van der Waals surface area contributed by atoms with Gasteiger partial charge in [0, 0.05) is 12.6 Å². The summed E-state index contributed by atoms with van der Waals surface area (Å²) in [5.41, 5.74) is 2.45. The molecule has 0 spiro atoms. The van der Waals surface area contributed by atoms with Crippen molar-refractivity contribution in [3.8, 4) is 11.5 Å². The van der Waals surface area contributed by atoms with E-state index in [1.54, 1.807) is 35.1 Å². The van der Waals surface area contributed by atoms with Gasteiger partial charge in [-0.2, -0.15) is 0 Å². The molecule has 3 heterocycles. The average Bonchev–Trinajstić information content (AvgIpc) is 3.55. The Morgan fingerprint density at radius 2 is 1.94 bits per heavy atom. The summed E-state index contributed by atoms with van der Waals surface area (Å²) in [6, 6.07) is 15.0. The molecule has 0 unspecified atom stereocenters. The molecule has 0 saturated carbocycles. The van der Waals surface area contributed by atoms with E-state index >= 15 is 0 Å². The highest BCUT2D eigenvalue weighted by Crippen LogP contribution is 2.35. The monoisotopic (exact) mass is 491 g/mol.